The molecule has 0 radical (unpaired) electrons. The van der Waals surface area contributed by atoms with Crippen LogP contribution in [0.2, 0.25) is 0 Å². The average Bonchev–Trinajstić information content (AvgIpc) is 2.93. The molecule has 0 N–H and O–H groups in total. The van der Waals surface area contributed by atoms with Gasteiger partial charge in [0.2, 0.25) is 5.91 Å². The fraction of sp³-hybridized carbons (Fsp3) is 0.367. The van der Waals surface area contributed by atoms with Gasteiger partial charge in [-0.25, -0.2) is 13.2 Å². The first kappa shape index (κ1) is 28.8. The molecule has 9 heteroatoms. The van der Waals surface area contributed by atoms with Crippen LogP contribution in [0.5, 0.6) is 0 Å². The molecule has 0 unspecified atom stereocenters. The van der Waals surface area contributed by atoms with Gasteiger partial charge >= 0.3 is 0 Å². The first-order valence-electron chi connectivity index (χ1n) is 13.2. The Kier molecular flexibility index (Phi) is 8.75. The number of anilines is 1. The molecule has 1 atom stereocenters. The highest BCUT2D eigenvalue weighted by molar-refractivity contribution is 7.71. The molecular formula is C30H32F3N2O3P. The lowest BCUT2D eigenvalue weighted by Crippen LogP contribution is -2.42. The first-order chi connectivity index (χ1) is 18.6. The number of ketones is 1. The minimum atomic E-state index is -2.79. The molecule has 0 saturated carbocycles. The number of benzene rings is 2. The Bertz CT molecular complexity index is 1450. The zero-order chi connectivity index (χ0) is 28.3. The van der Waals surface area contributed by atoms with Gasteiger partial charge < -0.3 is 9.46 Å². The maximum absolute atomic E-state index is 15.5. The molecule has 1 fully saturated rings. The second kappa shape index (κ2) is 11.9. The van der Waals surface area contributed by atoms with Gasteiger partial charge in [-0.05, 0) is 49.1 Å². The highest BCUT2D eigenvalue weighted by atomic mass is 31.2. The van der Waals surface area contributed by atoms with Crippen molar-refractivity contribution in [1.82, 2.24) is 4.98 Å². The minimum Gasteiger partial charge on any atom is -0.319 e. The van der Waals surface area contributed by atoms with Gasteiger partial charge in [0, 0.05) is 48.3 Å². The number of Topliss-reactive ketones (excluding diaryl/α,β-unsaturated/α-hetero) is 1. The van der Waals surface area contributed by atoms with E-state index in [-0.39, 0.29) is 42.1 Å². The maximum atomic E-state index is 15.5. The van der Waals surface area contributed by atoms with Crippen molar-refractivity contribution in [2.75, 3.05) is 23.8 Å². The van der Waals surface area contributed by atoms with Crippen molar-refractivity contribution in [3.05, 3.63) is 77.4 Å². The fourth-order valence-corrected chi connectivity index (χ4v) is 7.30. The number of amides is 1. The molecular weight excluding hydrogens is 524 g/mol. The molecule has 1 aliphatic heterocycles. The summed E-state index contributed by atoms with van der Waals surface area (Å²) in [6.07, 6.45) is 2.82. The van der Waals surface area contributed by atoms with Crippen molar-refractivity contribution in [3.8, 4) is 11.1 Å². The Balaban J connectivity index is 1.58. The van der Waals surface area contributed by atoms with E-state index in [1.54, 1.807) is 31.2 Å². The highest BCUT2D eigenvalue weighted by Gasteiger charge is 2.34. The van der Waals surface area contributed by atoms with E-state index in [0.717, 1.165) is 0 Å². The molecule has 3 aromatic rings. The number of piperidine rings is 1. The molecule has 5 nitrogen and oxygen atoms in total. The molecule has 206 valence electrons. The third-order valence-electron chi connectivity index (χ3n) is 7.45. The van der Waals surface area contributed by atoms with E-state index in [4.69, 9.17) is 0 Å². The summed E-state index contributed by atoms with van der Waals surface area (Å²) in [5.41, 5.74) is 0.813. The summed E-state index contributed by atoms with van der Waals surface area (Å²) in [6.45, 7) is 5.51. The largest absolute Gasteiger partial charge is 0.319 e. The van der Waals surface area contributed by atoms with E-state index in [2.05, 4.69) is 4.98 Å². The van der Waals surface area contributed by atoms with Crippen LogP contribution in [-0.2, 0) is 20.6 Å². The summed E-state index contributed by atoms with van der Waals surface area (Å²) in [6, 6.07) is 10.8. The van der Waals surface area contributed by atoms with Crippen molar-refractivity contribution in [2.45, 2.75) is 46.5 Å². The van der Waals surface area contributed by atoms with Gasteiger partial charge in [-0.15, -0.1) is 0 Å². The summed E-state index contributed by atoms with van der Waals surface area (Å²) in [4.78, 5) is 31.1. The number of nitrogens with zero attached hydrogens (tertiary/aromatic N) is 2. The van der Waals surface area contributed by atoms with E-state index in [1.807, 2.05) is 13.8 Å². The second-order valence-corrected chi connectivity index (χ2v) is 13.5. The Morgan fingerprint density at radius 2 is 1.77 bits per heavy atom. The quantitative estimate of drug-likeness (QED) is 0.284. The fourth-order valence-electron chi connectivity index (χ4n) is 5.18. The lowest BCUT2D eigenvalue weighted by atomic mass is 9.90. The van der Waals surface area contributed by atoms with E-state index in [1.165, 1.54) is 29.3 Å². The van der Waals surface area contributed by atoms with Gasteiger partial charge in [-0.1, -0.05) is 38.1 Å². The molecule has 39 heavy (non-hydrogen) atoms. The summed E-state index contributed by atoms with van der Waals surface area (Å²) >= 11 is 0. The van der Waals surface area contributed by atoms with Gasteiger partial charge in [-0.3, -0.25) is 14.6 Å². The summed E-state index contributed by atoms with van der Waals surface area (Å²) in [5.74, 6) is -4.40. The van der Waals surface area contributed by atoms with E-state index < -0.39 is 36.4 Å². The predicted octanol–water partition coefficient (Wildman–Crippen LogP) is 6.45. The number of halogens is 3. The summed E-state index contributed by atoms with van der Waals surface area (Å²) in [7, 11) is -2.79. The lowest BCUT2D eigenvalue weighted by Gasteiger charge is -2.32. The number of pyridine rings is 1. The molecule has 0 spiro atoms. The predicted molar refractivity (Wildman–Crippen MR) is 147 cm³/mol. The number of carbonyl (C=O) groups is 2. The molecule has 2 heterocycles. The van der Waals surface area contributed by atoms with Crippen LogP contribution in [0.4, 0.5) is 18.9 Å². The number of aryl methyl sites for hydroxylation is 1. The van der Waals surface area contributed by atoms with Gasteiger partial charge in [0.05, 0.1) is 17.8 Å². The van der Waals surface area contributed by atoms with Crippen LogP contribution in [0.25, 0.3) is 11.1 Å². The number of hydrogen-bond acceptors (Lipinski definition) is 4. The number of aromatic nitrogens is 1. The maximum Gasteiger partial charge on any atom is 0.230 e. The number of hydrogen-bond donors (Lipinski definition) is 0. The van der Waals surface area contributed by atoms with Crippen molar-refractivity contribution >= 4 is 29.8 Å². The third kappa shape index (κ3) is 5.86. The molecule has 1 aliphatic rings. The lowest BCUT2D eigenvalue weighted by molar-refractivity contribution is -0.128. The monoisotopic (exact) mass is 556 g/mol. The van der Waals surface area contributed by atoms with Crippen LogP contribution in [0, 0.1) is 30.3 Å². The Morgan fingerprint density at radius 1 is 1.05 bits per heavy atom. The SMILES string of the molecule is CCP(=O)(CC)c1ccccc1-c1ccc(N2CCC[C@@H](CC(=O)Cc3ncc(C)cc3F)C2=O)c(F)c1F. The molecule has 1 aromatic heterocycles. The smallest absolute Gasteiger partial charge is 0.230 e. The van der Waals surface area contributed by atoms with Crippen molar-refractivity contribution in [1.29, 1.82) is 0 Å². The third-order valence-corrected chi connectivity index (χ3v) is 10.8. The van der Waals surface area contributed by atoms with Crippen LogP contribution in [0.3, 0.4) is 0 Å². The molecule has 0 aliphatic carbocycles. The molecule has 2 aromatic carbocycles. The molecule has 4 rings (SSSR count). The van der Waals surface area contributed by atoms with E-state index in [9.17, 15) is 18.5 Å². The van der Waals surface area contributed by atoms with Crippen LogP contribution in [0.1, 0.15) is 44.4 Å². The van der Waals surface area contributed by atoms with E-state index >= 15 is 8.78 Å². The van der Waals surface area contributed by atoms with Crippen molar-refractivity contribution < 1.29 is 27.3 Å². The van der Waals surface area contributed by atoms with Crippen molar-refractivity contribution in [2.24, 2.45) is 5.92 Å². The number of carbonyl (C=O) groups excluding carboxylic acids is 2. The summed E-state index contributed by atoms with van der Waals surface area (Å²) < 4.78 is 58.6. The van der Waals surface area contributed by atoms with Gasteiger partial charge in [0.15, 0.2) is 11.6 Å². The average molecular weight is 557 g/mol. The molecule has 0 bridgehead atoms. The standard InChI is InChI=1S/C30H32F3N2O3P/c1-4-39(38,5-2)27-11-7-6-10-22(27)23-12-13-26(29(33)28(23)32)35-14-8-9-20(30(35)37)16-21(36)17-25-24(31)15-19(3)18-34-25/h6-7,10-13,15,18,20H,4-5,8-9,14,16-17H2,1-3H3/t20-/m0/s1. The van der Waals surface area contributed by atoms with Crippen LogP contribution >= 0.6 is 7.14 Å². The van der Waals surface area contributed by atoms with Crippen LogP contribution < -0.4 is 10.2 Å². The topological polar surface area (TPSA) is 67.3 Å². The summed E-state index contributed by atoms with van der Waals surface area (Å²) in [5, 5.41) is 0.508. The number of rotatable bonds is 9. The highest BCUT2D eigenvalue weighted by Crippen LogP contribution is 2.46. The second-order valence-electron chi connectivity index (χ2n) is 9.99. The minimum absolute atomic E-state index is 0.0159. The zero-order valence-electron chi connectivity index (χ0n) is 22.3. The Morgan fingerprint density at radius 3 is 2.46 bits per heavy atom. The van der Waals surface area contributed by atoms with Crippen molar-refractivity contribution in [3.63, 3.8) is 0 Å². The molecule has 1 amide bonds. The van der Waals surface area contributed by atoms with E-state index in [0.29, 0.717) is 41.6 Å². The first-order valence-corrected chi connectivity index (χ1v) is 15.3. The molecule has 1 saturated heterocycles. The normalized spacial score (nSPS) is 16.0. The van der Waals surface area contributed by atoms with Gasteiger partial charge in [0.1, 0.15) is 18.7 Å². The van der Waals surface area contributed by atoms with Crippen LogP contribution in [0.15, 0.2) is 48.7 Å². The van der Waals surface area contributed by atoms with Gasteiger partial charge in [0.25, 0.3) is 0 Å². The zero-order valence-corrected chi connectivity index (χ0v) is 23.2. The van der Waals surface area contributed by atoms with Gasteiger partial charge in [-0.2, -0.15) is 0 Å². The van der Waals surface area contributed by atoms with Crippen LogP contribution in [-0.4, -0.2) is 35.5 Å². The Hall–Kier alpha value is -3.25. The Labute approximate surface area is 226 Å².